The van der Waals surface area contributed by atoms with Crippen molar-refractivity contribution in [1.82, 2.24) is 0 Å². The third-order valence-electron chi connectivity index (χ3n) is 1.23. The van der Waals surface area contributed by atoms with Crippen molar-refractivity contribution < 1.29 is 14.3 Å². The molecule has 0 saturated heterocycles. The van der Waals surface area contributed by atoms with Crippen LogP contribution in [0.2, 0.25) is 0 Å². The zero-order valence-electron chi connectivity index (χ0n) is 7.80. The van der Waals surface area contributed by atoms with Gasteiger partial charge in [0.1, 0.15) is 5.38 Å². The predicted molar refractivity (Wildman–Crippen MR) is 50.2 cm³/mol. The maximum Gasteiger partial charge on any atom is 0.324 e. The molecule has 76 valence electrons. The van der Waals surface area contributed by atoms with Crippen molar-refractivity contribution in [2.24, 2.45) is 0 Å². The summed E-state index contributed by atoms with van der Waals surface area (Å²) in [5.41, 5.74) is 0. The van der Waals surface area contributed by atoms with Crippen LogP contribution in [0.1, 0.15) is 20.3 Å². The van der Waals surface area contributed by atoms with Crippen molar-refractivity contribution in [3.05, 3.63) is 0 Å². The SMILES string of the molecule is CCOC(=N)CC(Cl)C(=O)OCC. The number of hydrogen-bond donors (Lipinski definition) is 1. The summed E-state index contributed by atoms with van der Waals surface area (Å²) in [5.74, 6) is -0.496. The lowest BCUT2D eigenvalue weighted by molar-refractivity contribution is -0.142. The molecular weight excluding hydrogens is 194 g/mol. The summed E-state index contributed by atoms with van der Waals surface area (Å²) in [6.07, 6.45) is 0.0776. The van der Waals surface area contributed by atoms with Gasteiger partial charge in [-0.1, -0.05) is 0 Å². The van der Waals surface area contributed by atoms with Gasteiger partial charge in [0.15, 0.2) is 5.90 Å². The van der Waals surface area contributed by atoms with Crippen molar-refractivity contribution in [3.8, 4) is 0 Å². The Morgan fingerprint density at radius 2 is 1.92 bits per heavy atom. The molecule has 0 aromatic carbocycles. The highest BCUT2D eigenvalue weighted by atomic mass is 35.5. The van der Waals surface area contributed by atoms with Crippen LogP contribution in [0, 0.1) is 5.41 Å². The summed E-state index contributed by atoms with van der Waals surface area (Å²) < 4.78 is 9.49. The Balaban J connectivity index is 3.78. The Morgan fingerprint density at radius 1 is 1.38 bits per heavy atom. The smallest absolute Gasteiger partial charge is 0.324 e. The Morgan fingerprint density at radius 3 is 2.38 bits per heavy atom. The molecule has 0 heterocycles. The highest BCUT2D eigenvalue weighted by molar-refractivity contribution is 6.30. The molecule has 0 fully saturated rings. The average Bonchev–Trinajstić information content (AvgIpc) is 2.05. The van der Waals surface area contributed by atoms with Crippen LogP contribution < -0.4 is 0 Å². The average molecular weight is 208 g/mol. The van der Waals surface area contributed by atoms with Crippen molar-refractivity contribution in [1.29, 1.82) is 5.41 Å². The molecule has 0 aliphatic carbocycles. The van der Waals surface area contributed by atoms with Crippen LogP contribution in [-0.2, 0) is 14.3 Å². The molecule has 0 amide bonds. The van der Waals surface area contributed by atoms with Crippen LogP contribution in [-0.4, -0.2) is 30.5 Å². The summed E-state index contributed by atoms with van der Waals surface area (Å²) in [6, 6.07) is 0. The number of rotatable bonds is 5. The summed E-state index contributed by atoms with van der Waals surface area (Å²) in [7, 11) is 0. The molecule has 5 heteroatoms. The van der Waals surface area contributed by atoms with Crippen LogP contribution in [0.15, 0.2) is 0 Å². The molecule has 0 saturated carbocycles. The van der Waals surface area contributed by atoms with Crippen molar-refractivity contribution in [2.45, 2.75) is 25.6 Å². The van der Waals surface area contributed by atoms with Gasteiger partial charge in [-0.25, -0.2) is 0 Å². The molecule has 0 bridgehead atoms. The van der Waals surface area contributed by atoms with Gasteiger partial charge in [0.25, 0.3) is 0 Å². The fourth-order valence-electron chi connectivity index (χ4n) is 0.712. The first-order chi connectivity index (χ1) is 6.11. The quantitative estimate of drug-likeness (QED) is 0.322. The highest BCUT2D eigenvalue weighted by Gasteiger charge is 2.18. The van der Waals surface area contributed by atoms with E-state index in [4.69, 9.17) is 21.7 Å². The molecule has 0 rings (SSSR count). The number of alkyl halides is 1. The molecule has 1 N–H and O–H groups in total. The van der Waals surface area contributed by atoms with Crippen LogP contribution in [0.25, 0.3) is 0 Å². The van der Waals surface area contributed by atoms with Gasteiger partial charge in [0.2, 0.25) is 0 Å². The molecule has 0 aromatic heterocycles. The Kier molecular flexibility index (Phi) is 6.32. The molecular formula is C8H14ClNO3. The molecule has 0 aliphatic rings. The van der Waals surface area contributed by atoms with E-state index < -0.39 is 11.3 Å². The van der Waals surface area contributed by atoms with Gasteiger partial charge in [-0.15, -0.1) is 11.6 Å². The first-order valence-corrected chi connectivity index (χ1v) is 4.56. The highest BCUT2D eigenvalue weighted by Crippen LogP contribution is 2.06. The number of carbonyl (C=O) groups is 1. The van der Waals surface area contributed by atoms with Gasteiger partial charge >= 0.3 is 5.97 Å². The van der Waals surface area contributed by atoms with Crippen LogP contribution in [0.5, 0.6) is 0 Å². The van der Waals surface area contributed by atoms with E-state index in [1.807, 2.05) is 0 Å². The van der Waals surface area contributed by atoms with E-state index in [0.29, 0.717) is 13.2 Å². The third kappa shape index (κ3) is 5.47. The van der Waals surface area contributed by atoms with Gasteiger partial charge in [0, 0.05) is 0 Å². The van der Waals surface area contributed by atoms with E-state index in [2.05, 4.69) is 4.74 Å². The summed E-state index contributed by atoms with van der Waals surface area (Å²) in [5, 5.41) is 6.41. The van der Waals surface area contributed by atoms with Gasteiger partial charge in [-0.05, 0) is 13.8 Å². The topological polar surface area (TPSA) is 59.4 Å². The maximum absolute atomic E-state index is 11.0. The number of esters is 1. The largest absolute Gasteiger partial charge is 0.481 e. The van der Waals surface area contributed by atoms with E-state index >= 15 is 0 Å². The molecule has 1 unspecified atom stereocenters. The lowest BCUT2D eigenvalue weighted by Crippen LogP contribution is -2.22. The fraction of sp³-hybridized carbons (Fsp3) is 0.750. The molecule has 0 aromatic rings. The van der Waals surface area contributed by atoms with Crippen molar-refractivity contribution in [2.75, 3.05) is 13.2 Å². The van der Waals surface area contributed by atoms with E-state index in [1.165, 1.54) is 0 Å². The van der Waals surface area contributed by atoms with E-state index in [-0.39, 0.29) is 12.3 Å². The minimum atomic E-state index is -0.820. The number of halogens is 1. The van der Waals surface area contributed by atoms with Crippen molar-refractivity contribution in [3.63, 3.8) is 0 Å². The number of nitrogens with one attached hydrogen (secondary N) is 1. The van der Waals surface area contributed by atoms with Gasteiger partial charge in [-0.3, -0.25) is 10.2 Å². The Labute approximate surface area is 82.7 Å². The first-order valence-electron chi connectivity index (χ1n) is 4.12. The lowest BCUT2D eigenvalue weighted by atomic mass is 10.3. The number of hydrogen-bond acceptors (Lipinski definition) is 4. The van der Waals surface area contributed by atoms with E-state index in [0.717, 1.165) is 0 Å². The lowest BCUT2D eigenvalue weighted by Gasteiger charge is -2.09. The van der Waals surface area contributed by atoms with Crippen LogP contribution >= 0.6 is 11.6 Å². The molecule has 0 aliphatic heterocycles. The second-order valence-electron chi connectivity index (χ2n) is 2.28. The molecule has 13 heavy (non-hydrogen) atoms. The van der Waals surface area contributed by atoms with Gasteiger partial charge in [0.05, 0.1) is 19.6 Å². The van der Waals surface area contributed by atoms with Crippen LogP contribution in [0.4, 0.5) is 0 Å². The fourth-order valence-corrected chi connectivity index (χ4v) is 0.915. The number of carbonyl (C=O) groups excluding carboxylic acids is 1. The second kappa shape index (κ2) is 6.71. The van der Waals surface area contributed by atoms with Gasteiger partial charge < -0.3 is 9.47 Å². The molecule has 4 nitrogen and oxygen atoms in total. The Hall–Kier alpha value is -0.770. The minimum Gasteiger partial charge on any atom is -0.481 e. The van der Waals surface area contributed by atoms with Crippen molar-refractivity contribution >= 4 is 23.5 Å². The zero-order valence-corrected chi connectivity index (χ0v) is 8.56. The first kappa shape index (κ1) is 12.2. The third-order valence-corrected chi connectivity index (χ3v) is 1.56. The van der Waals surface area contributed by atoms with Crippen LogP contribution in [0.3, 0.4) is 0 Å². The second-order valence-corrected chi connectivity index (χ2v) is 2.81. The monoisotopic (exact) mass is 207 g/mol. The minimum absolute atomic E-state index is 0.00977. The predicted octanol–water partition coefficient (Wildman–Crippen LogP) is 1.56. The number of ether oxygens (including phenoxy) is 2. The normalized spacial score (nSPS) is 11.9. The Bertz CT molecular complexity index is 184. The molecule has 1 atom stereocenters. The zero-order chi connectivity index (χ0) is 10.3. The molecule has 0 radical (unpaired) electrons. The van der Waals surface area contributed by atoms with Gasteiger partial charge in [-0.2, -0.15) is 0 Å². The summed E-state index contributed by atoms with van der Waals surface area (Å²) in [6.45, 7) is 4.17. The van der Waals surface area contributed by atoms with E-state index in [9.17, 15) is 4.79 Å². The maximum atomic E-state index is 11.0. The summed E-state index contributed by atoms with van der Waals surface area (Å²) >= 11 is 5.65. The standard InChI is InChI=1S/C8H14ClNO3/c1-3-12-7(10)5-6(9)8(11)13-4-2/h6,10H,3-5H2,1-2H3. The molecule has 0 spiro atoms. The summed E-state index contributed by atoms with van der Waals surface area (Å²) in [4.78, 5) is 11.0. The van der Waals surface area contributed by atoms with E-state index in [1.54, 1.807) is 13.8 Å².